The van der Waals surface area contributed by atoms with E-state index in [1.54, 1.807) is 24.3 Å². The maximum Gasteiger partial charge on any atom is 0.255 e. The van der Waals surface area contributed by atoms with Crippen molar-refractivity contribution >= 4 is 29.5 Å². The second-order valence-corrected chi connectivity index (χ2v) is 11.6. The molecule has 0 aromatic heterocycles. The highest BCUT2D eigenvalue weighted by Gasteiger charge is 2.34. The van der Waals surface area contributed by atoms with Gasteiger partial charge in [-0.2, -0.15) is 0 Å². The van der Waals surface area contributed by atoms with Crippen LogP contribution in [0.25, 0.3) is 0 Å². The summed E-state index contributed by atoms with van der Waals surface area (Å²) < 4.78 is 11.2. The van der Waals surface area contributed by atoms with Gasteiger partial charge in [0.2, 0.25) is 23.6 Å². The van der Waals surface area contributed by atoms with E-state index in [-0.39, 0.29) is 50.1 Å². The van der Waals surface area contributed by atoms with Gasteiger partial charge in [-0.25, -0.2) is 0 Å². The van der Waals surface area contributed by atoms with Crippen LogP contribution in [-0.2, 0) is 30.3 Å². The van der Waals surface area contributed by atoms with Gasteiger partial charge in [0.1, 0.15) is 23.9 Å². The summed E-state index contributed by atoms with van der Waals surface area (Å²) >= 11 is 0. The summed E-state index contributed by atoms with van der Waals surface area (Å²) in [5.74, 6) is -2.20. The van der Waals surface area contributed by atoms with E-state index in [1.807, 2.05) is 51.1 Å². The van der Waals surface area contributed by atoms with Crippen LogP contribution in [0.3, 0.4) is 0 Å². The molecule has 1 heterocycles. The number of fused-ring (bicyclic) bond motifs is 1. The lowest BCUT2D eigenvalue weighted by atomic mass is 9.99. The van der Waals surface area contributed by atoms with E-state index in [9.17, 15) is 24.0 Å². The minimum Gasteiger partial charge on any atom is -0.493 e. The van der Waals surface area contributed by atoms with Crippen molar-refractivity contribution in [2.75, 3.05) is 40.0 Å². The number of para-hydroxylation sites is 1. The number of nitrogens with zero attached hydrogens (tertiary/aromatic N) is 1. The van der Waals surface area contributed by atoms with E-state index in [1.165, 1.54) is 11.9 Å². The van der Waals surface area contributed by atoms with Crippen LogP contribution in [0.1, 0.15) is 56.0 Å². The molecule has 46 heavy (non-hydrogen) atoms. The lowest BCUT2D eigenvalue weighted by Crippen LogP contribution is -2.56. The normalized spacial score (nSPS) is 20.4. The van der Waals surface area contributed by atoms with Gasteiger partial charge in [0.25, 0.3) is 5.91 Å². The number of ether oxygens (including phenoxy) is 2. The summed E-state index contributed by atoms with van der Waals surface area (Å²) in [5, 5.41) is 11.2. The first-order valence-electron chi connectivity index (χ1n) is 15.9. The minimum absolute atomic E-state index is 0.0270. The number of likely N-dealkylation sites (N-methyl/N-ethyl adjacent to an activating group) is 1. The summed E-state index contributed by atoms with van der Waals surface area (Å²) in [7, 11) is 1.49. The molecule has 0 bridgehead atoms. The molecule has 5 amide bonds. The maximum atomic E-state index is 13.8. The summed E-state index contributed by atoms with van der Waals surface area (Å²) in [5.41, 5.74) is 1.06. The number of hydrogen-bond donors (Lipinski definition) is 4. The van der Waals surface area contributed by atoms with E-state index in [0.717, 1.165) is 5.56 Å². The van der Waals surface area contributed by atoms with Crippen LogP contribution in [-0.4, -0.2) is 92.5 Å². The van der Waals surface area contributed by atoms with Crippen LogP contribution in [0.15, 0.2) is 54.6 Å². The Morgan fingerprint density at radius 2 is 1.74 bits per heavy atom. The molecule has 12 nitrogen and oxygen atoms in total. The van der Waals surface area contributed by atoms with Crippen molar-refractivity contribution in [1.29, 1.82) is 0 Å². The predicted molar refractivity (Wildman–Crippen MR) is 173 cm³/mol. The smallest absolute Gasteiger partial charge is 0.255 e. The number of hydrogen-bond acceptors (Lipinski definition) is 7. The van der Waals surface area contributed by atoms with Gasteiger partial charge in [-0.15, -0.1) is 0 Å². The summed E-state index contributed by atoms with van der Waals surface area (Å²) in [4.78, 5) is 68.8. The first kappa shape index (κ1) is 36.0. The average Bonchev–Trinajstić information content (AvgIpc) is 3.04. The van der Waals surface area contributed by atoms with Crippen molar-refractivity contribution in [1.82, 2.24) is 26.2 Å². The average molecular weight is 638 g/mol. The van der Waals surface area contributed by atoms with E-state index in [2.05, 4.69) is 21.3 Å². The fourth-order valence-corrected chi connectivity index (χ4v) is 5.04. The van der Waals surface area contributed by atoms with E-state index in [0.29, 0.717) is 25.2 Å². The SMILES string of the molecule is CCOCCNC(=O)[C@@H]1CC(=O)N(C)[C@@H](CC(C)C)C(=O)N[C@@H](Cc2ccccc2)C(=O)NCCCOc2ccccc2C(=O)N1. The molecule has 0 aliphatic carbocycles. The number of carbonyl (C=O) groups is 5. The van der Waals surface area contributed by atoms with Gasteiger partial charge in [-0.1, -0.05) is 56.3 Å². The van der Waals surface area contributed by atoms with Crippen molar-refractivity contribution in [3.8, 4) is 5.75 Å². The quantitative estimate of drug-likeness (QED) is 0.306. The molecule has 12 heteroatoms. The Morgan fingerprint density at radius 3 is 2.46 bits per heavy atom. The first-order chi connectivity index (χ1) is 22.1. The van der Waals surface area contributed by atoms with E-state index < -0.39 is 48.2 Å². The van der Waals surface area contributed by atoms with Gasteiger partial charge in [0.05, 0.1) is 25.2 Å². The molecular formula is C34H47N5O7. The van der Waals surface area contributed by atoms with Crippen LogP contribution in [0, 0.1) is 5.92 Å². The fraction of sp³-hybridized carbons (Fsp3) is 0.500. The van der Waals surface area contributed by atoms with Gasteiger partial charge in [-0.05, 0) is 43.4 Å². The fourth-order valence-electron chi connectivity index (χ4n) is 5.04. The van der Waals surface area contributed by atoms with E-state index >= 15 is 0 Å². The lowest BCUT2D eigenvalue weighted by molar-refractivity contribution is -0.141. The Labute approximate surface area is 271 Å². The Morgan fingerprint density at radius 1 is 1.02 bits per heavy atom. The summed E-state index contributed by atoms with van der Waals surface area (Å²) in [6.45, 7) is 7.09. The lowest BCUT2D eigenvalue weighted by Gasteiger charge is -2.31. The molecule has 2 aromatic carbocycles. The molecule has 0 spiro atoms. The predicted octanol–water partition coefficient (Wildman–Crippen LogP) is 1.83. The van der Waals surface area contributed by atoms with Crippen LogP contribution < -0.4 is 26.0 Å². The number of nitrogens with one attached hydrogen (secondary N) is 4. The third-order valence-electron chi connectivity index (χ3n) is 7.53. The Bertz CT molecular complexity index is 1320. The van der Waals surface area contributed by atoms with Crippen LogP contribution in [0.4, 0.5) is 0 Å². The van der Waals surface area contributed by atoms with Gasteiger partial charge in [0.15, 0.2) is 0 Å². The first-order valence-corrected chi connectivity index (χ1v) is 15.9. The molecule has 1 aliphatic heterocycles. The highest BCUT2D eigenvalue weighted by atomic mass is 16.5. The largest absolute Gasteiger partial charge is 0.493 e. The molecule has 0 saturated heterocycles. The second-order valence-electron chi connectivity index (χ2n) is 11.6. The molecule has 0 radical (unpaired) electrons. The number of carbonyl (C=O) groups excluding carboxylic acids is 5. The Kier molecular flexibility index (Phi) is 14.5. The molecule has 0 unspecified atom stereocenters. The van der Waals surface area contributed by atoms with Gasteiger partial charge < -0.3 is 35.6 Å². The monoisotopic (exact) mass is 637 g/mol. The molecule has 1 aliphatic rings. The zero-order chi connectivity index (χ0) is 33.5. The van der Waals surface area contributed by atoms with Crippen LogP contribution in [0.2, 0.25) is 0 Å². The standard InChI is InChI=1S/C34H47N5O7/c1-5-45-19-17-36-33(43)27-22-30(40)39(4)28(20-23(2)3)34(44)38-26(21-24-12-7-6-8-13-24)32(42)35-16-11-18-46-29-15-10-9-14-25(29)31(41)37-27/h6-10,12-15,23,26-28H,5,11,16-22H2,1-4H3,(H,35,42)(H,36,43)(H,37,41)(H,38,44)/t26-,27-,28-/m0/s1. The van der Waals surface area contributed by atoms with Gasteiger partial charge >= 0.3 is 0 Å². The molecule has 0 fully saturated rings. The van der Waals surface area contributed by atoms with Crippen LogP contribution >= 0.6 is 0 Å². The summed E-state index contributed by atoms with van der Waals surface area (Å²) in [6.07, 6.45) is 0.605. The molecule has 2 aromatic rings. The van der Waals surface area contributed by atoms with E-state index in [4.69, 9.17) is 9.47 Å². The number of amides is 5. The number of rotatable bonds is 9. The molecule has 250 valence electrons. The third kappa shape index (κ3) is 11.2. The van der Waals surface area contributed by atoms with Crippen molar-refractivity contribution in [2.45, 2.75) is 64.6 Å². The Balaban J connectivity index is 1.95. The molecular weight excluding hydrogens is 590 g/mol. The topological polar surface area (TPSA) is 155 Å². The van der Waals surface area contributed by atoms with Crippen molar-refractivity contribution in [3.05, 3.63) is 65.7 Å². The highest BCUT2D eigenvalue weighted by Crippen LogP contribution is 2.19. The van der Waals surface area contributed by atoms with Crippen LogP contribution in [0.5, 0.6) is 5.75 Å². The maximum absolute atomic E-state index is 13.8. The van der Waals surface area contributed by atoms with Crippen molar-refractivity contribution in [2.24, 2.45) is 5.92 Å². The zero-order valence-corrected chi connectivity index (χ0v) is 27.2. The summed E-state index contributed by atoms with van der Waals surface area (Å²) in [6, 6.07) is 12.9. The third-order valence-corrected chi connectivity index (χ3v) is 7.53. The van der Waals surface area contributed by atoms with Crippen molar-refractivity contribution in [3.63, 3.8) is 0 Å². The molecule has 0 saturated carbocycles. The molecule has 4 N–H and O–H groups in total. The minimum atomic E-state index is -1.24. The highest BCUT2D eigenvalue weighted by molar-refractivity contribution is 6.01. The second kappa shape index (κ2) is 18.5. The Hall–Kier alpha value is -4.45. The van der Waals surface area contributed by atoms with Crippen molar-refractivity contribution < 1.29 is 33.4 Å². The molecule has 3 rings (SSSR count). The van der Waals surface area contributed by atoms with Gasteiger partial charge in [0, 0.05) is 33.2 Å². The van der Waals surface area contributed by atoms with Gasteiger partial charge in [-0.3, -0.25) is 24.0 Å². The number of benzene rings is 2. The molecule has 3 atom stereocenters. The zero-order valence-electron chi connectivity index (χ0n) is 27.2.